The number of hydrogen-bond acceptors (Lipinski definition) is 1. The summed E-state index contributed by atoms with van der Waals surface area (Å²) in [5.74, 6) is 1.83. The molecule has 1 nitrogen and oxygen atoms in total. The zero-order chi connectivity index (χ0) is 14.3. The van der Waals surface area contributed by atoms with Crippen molar-refractivity contribution in [3.63, 3.8) is 0 Å². The van der Waals surface area contributed by atoms with Crippen LogP contribution in [0, 0.1) is 22.7 Å². The van der Waals surface area contributed by atoms with E-state index in [1.54, 1.807) is 0 Å². The van der Waals surface area contributed by atoms with Crippen molar-refractivity contribution < 1.29 is 0 Å². The molecule has 0 bridgehead atoms. The Balaban J connectivity index is 1.98. The van der Waals surface area contributed by atoms with Crippen molar-refractivity contribution in [2.75, 3.05) is 13.1 Å². The Morgan fingerprint density at radius 3 is 2.00 bits per heavy atom. The monoisotopic (exact) mass is 265 g/mol. The lowest BCUT2D eigenvalue weighted by molar-refractivity contribution is -0.0137. The van der Waals surface area contributed by atoms with E-state index in [1.807, 2.05) is 0 Å². The van der Waals surface area contributed by atoms with Crippen LogP contribution >= 0.6 is 0 Å². The summed E-state index contributed by atoms with van der Waals surface area (Å²) in [7, 11) is 0. The van der Waals surface area contributed by atoms with Crippen molar-refractivity contribution in [3.05, 3.63) is 0 Å². The average molecular weight is 265 g/mol. The quantitative estimate of drug-likeness (QED) is 0.648. The van der Waals surface area contributed by atoms with Crippen molar-refractivity contribution >= 4 is 0 Å². The van der Waals surface area contributed by atoms with Gasteiger partial charge in [-0.1, -0.05) is 41.5 Å². The van der Waals surface area contributed by atoms with Gasteiger partial charge in [-0.2, -0.15) is 0 Å². The normalized spacial score (nSPS) is 34.4. The van der Waals surface area contributed by atoms with Gasteiger partial charge in [-0.25, -0.2) is 0 Å². The van der Waals surface area contributed by atoms with Crippen molar-refractivity contribution in [1.29, 1.82) is 0 Å². The second kappa shape index (κ2) is 5.39. The molecule has 112 valence electrons. The van der Waals surface area contributed by atoms with Crippen LogP contribution in [0.1, 0.15) is 73.6 Å². The van der Waals surface area contributed by atoms with Crippen molar-refractivity contribution in [2.24, 2.45) is 22.7 Å². The largest absolute Gasteiger partial charge is 0.300 e. The molecule has 0 radical (unpaired) electrons. The minimum absolute atomic E-state index is 0.463. The number of nitrogens with zero attached hydrogens (tertiary/aromatic N) is 1. The molecule has 2 rings (SSSR count). The first-order chi connectivity index (χ1) is 8.70. The molecule has 0 aromatic rings. The van der Waals surface area contributed by atoms with Crippen LogP contribution in [-0.2, 0) is 0 Å². The Bertz CT molecular complexity index is 291. The predicted molar refractivity (Wildman–Crippen MR) is 84.3 cm³/mol. The molecule has 2 fully saturated rings. The summed E-state index contributed by atoms with van der Waals surface area (Å²) >= 11 is 0. The molecule has 0 spiro atoms. The van der Waals surface area contributed by atoms with Gasteiger partial charge in [0.1, 0.15) is 0 Å². The summed E-state index contributed by atoms with van der Waals surface area (Å²) in [6, 6.07) is 0.862. The third-order valence-corrected chi connectivity index (χ3v) is 5.87. The van der Waals surface area contributed by atoms with E-state index >= 15 is 0 Å². The fourth-order valence-electron chi connectivity index (χ4n) is 4.91. The lowest BCUT2D eigenvalue weighted by atomic mass is 9.58. The van der Waals surface area contributed by atoms with Gasteiger partial charge in [0.15, 0.2) is 0 Å². The van der Waals surface area contributed by atoms with E-state index in [1.165, 1.54) is 45.2 Å². The van der Waals surface area contributed by atoms with Crippen molar-refractivity contribution in [3.8, 4) is 0 Å². The molecule has 1 heterocycles. The van der Waals surface area contributed by atoms with E-state index < -0.39 is 0 Å². The molecular weight excluding hydrogens is 230 g/mol. The minimum atomic E-state index is 0.463. The molecule has 1 aliphatic carbocycles. The molecule has 0 unspecified atom stereocenters. The van der Waals surface area contributed by atoms with Gasteiger partial charge < -0.3 is 4.90 Å². The zero-order valence-electron chi connectivity index (χ0n) is 14.1. The molecule has 1 saturated heterocycles. The van der Waals surface area contributed by atoms with Crippen LogP contribution in [0.2, 0.25) is 0 Å². The zero-order valence-corrected chi connectivity index (χ0v) is 14.1. The molecule has 1 aliphatic heterocycles. The Morgan fingerprint density at radius 2 is 1.53 bits per heavy atom. The number of likely N-dealkylation sites (tertiary alicyclic amines) is 1. The highest BCUT2D eigenvalue weighted by molar-refractivity contribution is 4.95. The van der Waals surface area contributed by atoms with Gasteiger partial charge in [0.2, 0.25) is 0 Å². The maximum absolute atomic E-state index is 2.81. The predicted octanol–water partition coefficient (Wildman–Crippen LogP) is 4.96. The fourth-order valence-corrected chi connectivity index (χ4v) is 4.91. The van der Waals surface area contributed by atoms with Gasteiger partial charge in [-0.05, 0) is 67.9 Å². The SMILES string of the molecule is CC1CCN([C@@H]2CC[C@@H](C(C)(C)C)C(C)(C)C2)CC1. The molecule has 0 amide bonds. The van der Waals surface area contributed by atoms with E-state index in [-0.39, 0.29) is 0 Å². The lowest BCUT2D eigenvalue weighted by Crippen LogP contribution is -2.49. The highest BCUT2D eigenvalue weighted by atomic mass is 15.2. The van der Waals surface area contributed by atoms with Crippen LogP contribution in [-0.4, -0.2) is 24.0 Å². The van der Waals surface area contributed by atoms with E-state index in [0.29, 0.717) is 10.8 Å². The third-order valence-electron chi connectivity index (χ3n) is 5.87. The average Bonchev–Trinajstić information content (AvgIpc) is 2.26. The molecule has 1 saturated carbocycles. The molecule has 19 heavy (non-hydrogen) atoms. The minimum Gasteiger partial charge on any atom is -0.300 e. The third kappa shape index (κ3) is 3.54. The Labute approximate surface area is 121 Å². The molecular formula is C18H35N. The summed E-state index contributed by atoms with van der Waals surface area (Å²) < 4.78 is 0. The van der Waals surface area contributed by atoms with Crippen LogP contribution in [0.5, 0.6) is 0 Å². The first-order valence-electron chi connectivity index (χ1n) is 8.44. The Hall–Kier alpha value is -0.0400. The molecule has 0 aromatic heterocycles. The van der Waals surface area contributed by atoms with E-state index in [9.17, 15) is 0 Å². The molecule has 0 aromatic carbocycles. The van der Waals surface area contributed by atoms with Crippen LogP contribution in [0.3, 0.4) is 0 Å². The second-order valence-corrected chi connectivity index (χ2v) is 9.06. The molecule has 2 atom stereocenters. The Kier molecular flexibility index (Phi) is 4.35. The maximum atomic E-state index is 2.81. The molecule has 1 heteroatoms. The summed E-state index contributed by atoms with van der Waals surface area (Å²) in [6.45, 7) is 17.4. The van der Waals surface area contributed by atoms with Crippen molar-refractivity contribution in [2.45, 2.75) is 79.7 Å². The maximum Gasteiger partial charge on any atom is 0.0101 e. The standard InChI is InChI=1S/C18H35N/c1-14-9-11-19(12-10-14)15-7-8-16(17(2,3)4)18(5,6)13-15/h14-16H,7-13H2,1-6H3/t15-,16+/m1/s1. The molecule has 2 aliphatic rings. The van der Waals surface area contributed by atoms with Gasteiger partial charge in [0.25, 0.3) is 0 Å². The summed E-state index contributed by atoms with van der Waals surface area (Å²) in [5.41, 5.74) is 0.967. The van der Waals surface area contributed by atoms with Gasteiger partial charge in [0.05, 0.1) is 0 Å². The smallest absolute Gasteiger partial charge is 0.0101 e. The number of rotatable bonds is 1. The van der Waals surface area contributed by atoms with E-state index in [0.717, 1.165) is 17.9 Å². The first kappa shape index (κ1) is 15.4. The number of piperidine rings is 1. The van der Waals surface area contributed by atoms with Crippen LogP contribution < -0.4 is 0 Å². The van der Waals surface area contributed by atoms with Gasteiger partial charge in [-0.3, -0.25) is 0 Å². The second-order valence-electron chi connectivity index (χ2n) is 9.06. The highest BCUT2D eigenvalue weighted by Crippen LogP contribution is 2.50. The Morgan fingerprint density at radius 1 is 0.947 bits per heavy atom. The van der Waals surface area contributed by atoms with Crippen molar-refractivity contribution in [1.82, 2.24) is 4.90 Å². The summed E-state index contributed by atoms with van der Waals surface area (Å²) in [5, 5.41) is 0. The van der Waals surface area contributed by atoms with Crippen LogP contribution in [0.4, 0.5) is 0 Å². The molecule has 0 N–H and O–H groups in total. The lowest BCUT2D eigenvalue weighted by Gasteiger charge is -2.51. The summed E-state index contributed by atoms with van der Waals surface area (Å²) in [4.78, 5) is 2.81. The topological polar surface area (TPSA) is 3.24 Å². The van der Waals surface area contributed by atoms with Crippen LogP contribution in [0.15, 0.2) is 0 Å². The highest BCUT2D eigenvalue weighted by Gasteiger charge is 2.43. The van der Waals surface area contributed by atoms with Gasteiger partial charge in [-0.15, -0.1) is 0 Å². The van der Waals surface area contributed by atoms with E-state index in [2.05, 4.69) is 46.4 Å². The van der Waals surface area contributed by atoms with E-state index in [4.69, 9.17) is 0 Å². The first-order valence-corrected chi connectivity index (χ1v) is 8.44. The van der Waals surface area contributed by atoms with Gasteiger partial charge in [0, 0.05) is 6.04 Å². The fraction of sp³-hybridized carbons (Fsp3) is 1.00. The number of hydrogen-bond donors (Lipinski definition) is 0. The van der Waals surface area contributed by atoms with Crippen LogP contribution in [0.25, 0.3) is 0 Å². The van der Waals surface area contributed by atoms with Gasteiger partial charge >= 0.3 is 0 Å². The summed E-state index contributed by atoms with van der Waals surface area (Å²) in [6.07, 6.45) is 7.09.